The molecule has 20 heavy (non-hydrogen) atoms. The summed E-state index contributed by atoms with van der Waals surface area (Å²) in [6, 6.07) is 4.25. The van der Waals surface area contributed by atoms with Crippen molar-refractivity contribution in [1.29, 1.82) is 0 Å². The third-order valence-corrected chi connectivity index (χ3v) is 4.73. The van der Waals surface area contributed by atoms with Crippen molar-refractivity contribution < 1.29 is 18.0 Å². The first kappa shape index (κ1) is 14.3. The number of terminal acetylenes is 1. The van der Waals surface area contributed by atoms with Crippen molar-refractivity contribution in [2.75, 3.05) is 17.2 Å². The van der Waals surface area contributed by atoms with Gasteiger partial charge in [-0.3, -0.25) is 14.5 Å². The summed E-state index contributed by atoms with van der Waals surface area (Å²) in [5, 5.41) is 0. The molecule has 104 valence electrons. The molecule has 1 amide bonds. The van der Waals surface area contributed by atoms with E-state index >= 15 is 0 Å². The van der Waals surface area contributed by atoms with Crippen LogP contribution < -0.4 is 4.90 Å². The van der Waals surface area contributed by atoms with Crippen LogP contribution >= 0.6 is 0 Å². The molecule has 1 heterocycles. The molecular weight excluding hydrogens is 278 g/mol. The highest BCUT2D eigenvalue weighted by Gasteiger charge is 2.34. The Hall–Kier alpha value is -2.13. The summed E-state index contributed by atoms with van der Waals surface area (Å²) in [7, 11) is -3.66. The van der Waals surface area contributed by atoms with Crippen molar-refractivity contribution in [2.24, 2.45) is 0 Å². The lowest BCUT2D eigenvalue weighted by molar-refractivity contribution is -0.116. The number of nitrogens with zero attached hydrogens (tertiary/aromatic N) is 1. The van der Waals surface area contributed by atoms with Gasteiger partial charge in [-0.05, 0) is 18.2 Å². The van der Waals surface area contributed by atoms with E-state index in [1.54, 1.807) is 6.92 Å². The first-order chi connectivity index (χ1) is 9.40. The van der Waals surface area contributed by atoms with Crippen LogP contribution in [0, 0.1) is 12.3 Å². The standard InChI is InChI=1S/C14H13NO4S/c1-3-7-15-11-8-10(12(16)4-2)5-6-13(11)20(18,19)9-14(15)17/h1,5-6,8H,4,7,9H2,2H3. The van der Waals surface area contributed by atoms with Gasteiger partial charge in [0, 0.05) is 12.0 Å². The minimum Gasteiger partial charge on any atom is -0.299 e. The van der Waals surface area contributed by atoms with Gasteiger partial charge in [0.1, 0.15) is 5.75 Å². The molecule has 0 aliphatic carbocycles. The Bertz CT molecular complexity index is 728. The molecule has 2 rings (SSSR count). The predicted molar refractivity (Wildman–Crippen MR) is 74.3 cm³/mol. The van der Waals surface area contributed by atoms with Crippen LogP contribution in [0.4, 0.5) is 5.69 Å². The summed E-state index contributed by atoms with van der Waals surface area (Å²) in [4.78, 5) is 24.9. The average molecular weight is 291 g/mol. The first-order valence-corrected chi connectivity index (χ1v) is 7.69. The minimum absolute atomic E-state index is 0.0227. The maximum Gasteiger partial charge on any atom is 0.243 e. The molecule has 1 aromatic carbocycles. The van der Waals surface area contributed by atoms with Crippen LogP contribution in [0.15, 0.2) is 23.1 Å². The van der Waals surface area contributed by atoms with Crippen molar-refractivity contribution in [3.05, 3.63) is 23.8 Å². The fraction of sp³-hybridized carbons (Fsp3) is 0.286. The number of hydrogen-bond acceptors (Lipinski definition) is 4. The highest BCUT2D eigenvalue weighted by atomic mass is 32.2. The van der Waals surface area contributed by atoms with E-state index in [4.69, 9.17) is 6.42 Å². The SMILES string of the molecule is C#CCN1C(=O)CS(=O)(=O)c2ccc(C(=O)CC)cc21. The molecule has 0 radical (unpaired) electrons. The van der Waals surface area contributed by atoms with Gasteiger partial charge < -0.3 is 0 Å². The van der Waals surface area contributed by atoms with Gasteiger partial charge >= 0.3 is 0 Å². The van der Waals surface area contributed by atoms with E-state index in [2.05, 4.69) is 5.92 Å². The van der Waals surface area contributed by atoms with Crippen LogP contribution in [-0.2, 0) is 14.6 Å². The van der Waals surface area contributed by atoms with Crippen molar-refractivity contribution >= 4 is 27.2 Å². The van der Waals surface area contributed by atoms with Gasteiger partial charge in [0.15, 0.2) is 15.6 Å². The second-order valence-electron chi connectivity index (χ2n) is 4.40. The molecular formula is C14H13NO4S. The Morgan fingerprint density at radius 1 is 1.45 bits per heavy atom. The zero-order valence-electron chi connectivity index (χ0n) is 10.9. The van der Waals surface area contributed by atoms with Crippen molar-refractivity contribution in [3.8, 4) is 12.3 Å². The lowest BCUT2D eigenvalue weighted by Gasteiger charge is -2.27. The minimum atomic E-state index is -3.66. The second kappa shape index (κ2) is 5.10. The van der Waals surface area contributed by atoms with E-state index in [1.807, 2.05) is 0 Å². The molecule has 0 aromatic heterocycles. The molecule has 1 aromatic rings. The molecule has 5 nitrogen and oxygen atoms in total. The van der Waals surface area contributed by atoms with E-state index in [0.29, 0.717) is 12.0 Å². The number of amides is 1. The molecule has 0 atom stereocenters. The van der Waals surface area contributed by atoms with E-state index in [1.165, 1.54) is 23.1 Å². The van der Waals surface area contributed by atoms with Crippen molar-refractivity contribution in [3.63, 3.8) is 0 Å². The summed E-state index contributed by atoms with van der Waals surface area (Å²) in [6.45, 7) is 1.69. The quantitative estimate of drug-likeness (QED) is 0.616. The summed E-state index contributed by atoms with van der Waals surface area (Å²) in [5.41, 5.74) is 0.566. The van der Waals surface area contributed by atoms with E-state index in [0.717, 1.165) is 0 Å². The molecule has 1 aliphatic rings. The number of sulfone groups is 1. The zero-order chi connectivity index (χ0) is 14.9. The number of anilines is 1. The van der Waals surface area contributed by atoms with Crippen LogP contribution in [-0.4, -0.2) is 32.4 Å². The number of hydrogen-bond donors (Lipinski definition) is 0. The number of fused-ring (bicyclic) bond motifs is 1. The van der Waals surface area contributed by atoms with Gasteiger partial charge in [0.05, 0.1) is 17.1 Å². The van der Waals surface area contributed by atoms with Crippen LogP contribution in [0.3, 0.4) is 0 Å². The topological polar surface area (TPSA) is 71.5 Å². The highest BCUT2D eigenvalue weighted by Crippen LogP contribution is 2.32. The normalized spacial score (nSPS) is 16.4. The number of ketones is 1. The van der Waals surface area contributed by atoms with E-state index < -0.39 is 21.5 Å². The molecule has 0 saturated heterocycles. The van der Waals surface area contributed by atoms with Crippen LogP contribution in [0.1, 0.15) is 23.7 Å². The fourth-order valence-electron chi connectivity index (χ4n) is 2.09. The molecule has 0 saturated carbocycles. The number of carbonyl (C=O) groups excluding carboxylic acids is 2. The lowest BCUT2D eigenvalue weighted by Crippen LogP contribution is -2.41. The van der Waals surface area contributed by atoms with Crippen molar-refractivity contribution in [1.82, 2.24) is 0 Å². The molecule has 1 aliphatic heterocycles. The molecule has 0 spiro atoms. The first-order valence-electron chi connectivity index (χ1n) is 6.04. The molecule has 0 N–H and O–H groups in total. The Morgan fingerprint density at radius 3 is 2.75 bits per heavy atom. The fourth-order valence-corrected chi connectivity index (χ4v) is 3.49. The third-order valence-electron chi connectivity index (χ3n) is 3.09. The maximum absolute atomic E-state index is 12.0. The van der Waals surface area contributed by atoms with E-state index in [9.17, 15) is 18.0 Å². The zero-order valence-corrected chi connectivity index (χ0v) is 11.7. The van der Waals surface area contributed by atoms with Crippen LogP contribution in [0.2, 0.25) is 0 Å². The molecule has 0 fully saturated rings. The lowest BCUT2D eigenvalue weighted by atomic mass is 10.1. The van der Waals surface area contributed by atoms with Crippen molar-refractivity contribution in [2.45, 2.75) is 18.2 Å². The highest BCUT2D eigenvalue weighted by molar-refractivity contribution is 7.92. The van der Waals surface area contributed by atoms with Gasteiger partial charge in [0.2, 0.25) is 5.91 Å². The molecule has 0 bridgehead atoms. The third kappa shape index (κ3) is 2.32. The number of carbonyl (C=O) groups is 2. The smallest absolute Gasteiger partial charge is 0.243 e. The number of benzene rings is 1. The number of Topliss-reactive ketones (excluding diaryl/α,β-unsaturated/α-hetero) is 1. The monoisotopic (exact) mass is 291 g/mol. The van der Waals surface area contributed by atoms with Gasteiger partial charge in [-0.2, -0.15) is 0 Å². The Balaban J connectivity index is 2.66. The Kier molecular flexibility index (Phi) is 3.64. The Morgan fingerprint density at radius 2 is 2.15 bits per heavy atom. The summed E-state index contributed by atoms with van der Waals surface area (Å²) >= 11 is 0. The predicted octanol–water partition coefficient (Wildman–Crippen LogP) is 1.03. The van der Waals surface area contributed by atoms with Crippen LogP contribution in [0.5, 0.6) is 0 Å². The average Bonchev–Trinajstić information content (AvgIpc) is 2.41. The second-order valence-corrected chi connectivity index (χ2v) is 6.36. The van der Waals surface area contributed by atoms with Gasteiger partial charge in [-0.15, -0.1) is 6.42 Å². The maximum atomic E-state index is 12.0. The van der Waals surface area contributed by atoms with Gasteiger partial charge in [-0.1, -0.05) is 12.8 Å². The summed E-state index contributed by atoms with van der Waals surface area (Å²) in [6.07, 6.45) is 5.51. The summed E-state index contributed by atoms with van der Waals surface area (Å²) < 4.78 is 24.0. The number of rotatable bonds is 3. The van der Waals surface area contributed by atoms with Crippen LogP contribution in [0.25, 0.3) is 0 Å². The Labute approximate surface area is 117 Å². The summed E-state index contributed by atoms with van der Waals surface area (Å²) in [5.74, 6) is 1.04. The van der Waals surface area contributed by atoms with E-state index in [-0.39, 0.29) is 22.9 Å². The largest absolute Gasteiger partial charge is 0.299 e. The van der Waals surface area contributed by atoms with Gasteiger partial charge in [0.25, 0.3) is 0 Å². The molecule has 6 heteroatoms. The van der Waals surface area contributed by atoms with Gasteiger partial charge in [-0.25, -0.2) is 8.42 Å². The molecule has 0 unspecified atom stereocenters.